The Balaban J connectivity index is 0.908. The minimum Gasteiger partial charge on any atom is -0.507 e. The zero-order valence-corrected chi connectivity index (χ0v) is 37.5. The van der Waals surface area contributed by atoms with Crippen LogP contribution in [-0.2, 0) is 14.4 Å². The van der Waals surface area contributed by atoms with Gasteiger partial charge in [0.05, 0.1) is 11.2 Å². The van der Waals surface area contributed by atoms with Crippen molar-refractivity contribution < 1.29 is 19.5 Å². The van der Waals surface area contributed by atoms with Crippen LogP contribution in [0.5, 0.6) is 0 Å². The number of allylic oxidation sites excluding steroid dienone is 5. The first-order valence-corrected chi connectivity index (χ1v) is 25.7. The molecule has 8 heteroatoms. The monoisotopic (exact) mass is 823 g/mol. The Kier molecular flexibility index (Phi) is 12.9. The number of ketones is 1. The SMILES string of the molecule is CCCCCCCCCCC12CCC(=O)N1C1CCCC3/C(=C4/C(=O)C(C5CCC6NC7(CCCCCCCCCC)CCC(=O)N7C7CCCC5C67)=C4O)C=CC(=N2)C31. The summed E-state index contributed by atoms with van der Waals surface area (Å²) in [7, 11) is 0. The molecule has 9 rings (SSSR count). The average Bonchev–Trinajstić information content (AvgIpc) is 3.77. The molecule has 0 spiro atoms. The van der Waals surface area contributed by atoms with Crippen molar-refractivity contribution >= 4 is 23.3 Å². The smallest absolute Gasteiger partial charge is 0.224 e. The number of amides is 2. The number of nitrogens with zero attached hydrogens (tertiary/aromatic N) is 3. The van der Waals surface area contributed by atoms with Gasteiger partial charge >= 0.3 is 0 Å². The van der Waals surface area contributed by atoms with Gasteiger partial charge in [0.25, 0.3) is 0 Å². The standard InChI is InChI=1S/C52H78N4O4/c1-3-5-7-9-11-13-15-17-31-51-33-29-43(57)55(51)41-23-19-21-35-37(25-27-39(53-51)45(35)41)47-49(59)48(50(47)60)38-26-28-40-46-36(38)22-20-24-42(46)56-44(58)30-34-52(56,54-40)32-18-16-14-12-10-8-6-4-2/h25,27,35-36,38,40-42,45-46,54,59H,3-24,26,28-34H2,1-2H3/b47-37+. The van der Waals surface area contributed by atoms with E-state index in [-0.39, 0.29) is 52.9 Å². The van der Waals surface area contributed by atoms with Crippen LogP contribution in [0.2, 0.25) is 0 Å². The second-order valence-corrected chi connectivity index (χ2v) is 21.1. The lowest BCUT2D eigenvalue weighted by molar-refractivity contribution is -0.153. The molecule has 2 N–H and O–H groups in total. The highest BCUT2D eigenvalue weighted by Crippen LogP contribution is 2.58. The van der Waals surface area contributed by atoms with Crippen molar-refractivity contribution in [3.63, 3.8) is 0 Å². The lowest BCUT2D eigenvalue weighted by atomic mass is 9.55. The maximum Gasteiger partial charge on any atom is 0.224 e. The number of unbranched alkanes of at least 4 members (excludes halogenated alkanes) is 14. The van der Waals surface area contributed by atoms with Gasteiger partial charge in [-0.05, 0) is 112 Å². The Bertz CT molecular complexity index is 1760. The van der Waals surface area contributed by atoms with Gasteiger partial charge in [-0.25, -0.2) is 0 Å². The van der Waals surface area contributed by atoms with E-state index in [0.717, 1.165) is 94.8 Å². The molecule has 3 saturated carbocycles. The van der Waals surface area contributed by atoms with Gasteiger partial charge in [-0.2, -0.15) is 0 Å². The molecular weight excluding hydrogens is 745 g/mol. The van der Waals surface area contributed by atoms with Gasteiger partial charge in [-0.1, -0.05) is 123 Å². The number of fused-ring (bicyclic) bond motifs is 4. The van der Waals surface area contributed by atoms with Crippen LogP contribution in [0.25, 0.3) is 0 Å². The molecule has 4 heterocycles. The second-order valence-electron chi connectivity index (χ2n) is 21.1. The summed E-state index contributed by atoms with van der Waals surface area (Å²) in [5.74, 6) is 1.75. The van der Waals surface area contributed by atoms with Crippen molar-refractivity contribution in [3.8, 4) is 0 Å². The fourth-order valence-corrected chi connectivity index (χ4v) is 15.0. The molecule has 4 aliphatic heterocycles. The van der Waals surface area contributed by atoms with Crippen molar-refractivity contribution in [2.45, 2.75) is 236 Å². The summed E-state index contributed by atoms with van der Waals surface area (Å²) in [6.07, 6.45) is 37.9. The number of Topliss-reactive ketones (excluding diaryl/α,β-unsaturated/α-hetero) is 1. The van der Waals surface area contributed by atoms with Gasteiger partial charge in [0, 0.05) is 48.2 Å². The maximum atomic E-state index is 14.6. The molecule has 10 unspecified atom stereocenters. The number of carbonyl (C=O) groups is 3. The Labute approximate surface area is 361 Å². The van der Waals surface area contributed by atoms with Gasteiger partial charge in [0.1, 0.15) is 11.4 Å². The molecule has 0 aromatic rings. The number of hydrogen-bond acceptors (Lipinski definition) is 6. The minimum absolute atomic E-state index is 0.0447. The Morgan fingerprint density at radius 3 is 2.03 bits per heavy atom. The molecule has 3 saturated heterocycles. The highest BCUT2D eigenvalue weighted by molar-refractivity contribution is 6.20. The molecule has 0 radical (unpaired) electrons. The molecule has 2 amide bonds. The van der Waals surface area contributed by atoms with Gasteiger partial charge in [-0.15, -0.1) is 0 Å². The Morgan fingerprint density at radius 1 is 0.683 bits per heavy atom. The number of aliphatic hydroxyl groups excluding tert-OH is 1. The Hall–Kier alpha value is -2.74. The number of nitrogens with one attached hydrogen (secondary N) is 1. The summed E-state index contributed by atoms with van der Waals surface area (Å²) in [6.45, 7) is 4.54. The van der Waals surface area contributed by atoms with Crippen LogP contribution in [0, 0.1) is 29.6 Å². The van der Waals surface area contributed by atoms with Crippen LogP contribution in [0.4, 0.5) is 0 Å². The van der Waals surface area contributed by atoms with Crippen LogP contribution < -0.4 is 5.32 Å². The first-order chi connectivity index (χ1) is 29.3. The normalized spacial score (nSPS) is 37.8. The summed E-state index contributed by atoms with van der Waals surface area (Å²) in [4.78, 5) is 52.1. The molecule has 5 aliphatic carbocycles. The predicted molar refractivity (Wildman–Crippen MR) is 239 cm³/mol. The van der Waals surface area contributed by atoms with Gasteiger partial charge < -0.3 is 14.9 Å². The largest absolute Gasteiger partial charge is 0.507 e. The van der Waals surface area contributed by atoms with E-state index < -0.39 is 5.66 Å². The topological polar surface area (TPSA) is 102 Å². The van der Waals surface area contributed by atoms with Crippen LogP contribution >= 0.6 is 0 Å². The summed E-state index contributed by atoms with van der Waals surface area (Å²) in [5, 5.41) is 16.3. The number of hydrogen-bond donors (Lipinski definition) is 2. The predicted octanol–water partition coefficient (Wildman–Crippen LogP) is 11.4. The molecule has 60 heavy (non-hydrogen) atoms. The molecule has 9 aliphatic rings. The molecule has 8 nitrogen and oxygen atoms in total. The first kappa shape index (κ1) is 42.6. The fourth-order valence-electron chi connectivity index (χ4n) is 15.0. The zero-order chi connectivity index (χ0) is 41.4. The maximum absolute atomic E-state index is 14.6. The van der Waals surface area contributed by atoms with Gasteiger partial charge in [-0.3, -0.25) is 24.7 Å². The summed E-state index contributed by atoms with van der Waals surface area (Å²) >= 11 is 0. The quantitative estimate of drug-likeness (QED) is 0.0998. The zero-order valence-electron chi connectivity index (χ0n) is 37.5. The number of aliphatic imine (C=N–C) groups is 1. The summed E-state index contributed by atoms with van der Waals surface area (Å²) in [5.41, 5.74) is 2.72. The van der Waals surface area contributed by atoms with E-state index in [1.165, 1.54) is 96.3 Å². The van der Waals surface area contributed by atoms with E-state index in [0.29, 0.717) is 47.8 Å². The second kappa shape index (κ2) is 18.2. The lowest BCUT2D eigenvalue weighted by Gasteiger charge is -2.61. The highest BCUT2D eigenvalue weighted by Gasteiger charge is 2.62. The average molecular weight is 823 g/mol. The Morgan fingerprint density at radius 2 is 1.32 bits per heavy atom. The van der Waals surface area contributed by atoms with E-state index in [2.05, 4.69) is 41.1 Å². The lowest BCUT2D eigenvalue weighted by Crippen LogP contribution is -2.74. The molecule has 0 aromatic heterocycles. The molecular formula is C52H78N4O4. The van der Waals surface area contributed by atoms with E-state index in [1.807, 2.05) is 0 Å². The fraction of sp³-hybridized carbons (Fsp3) is 0.808. The molecule has 0 aromatic carbocycles. The molecule has 10 atom stereocenters. The van der Waals surface area contributed by atoms with E-state index in [1.54, 1.807) is 0 Å². The van der Waals surface area contributed by atoms with Crippen molar-refractivity contribution in [1.29, 1.82) is 0 Å². The van der Waals surface area contributed by atoms with Crippen molar-refractivity contribution in [2.24, 2.45) is 34.6 Å². The molecule has 6 fully saturated rings. The number of aliphatic hydroxyl groups is 1. The van der Waals surface area contributed by atoms with Crippen LogP contribution in [-0.4, -0.2) is 67.7 Å². The van der Waals surface area contributed by atoms with E-state index in [9.17, 15) is 19.5 Å². The van der Waals surface area contributed by atoms with Crippen molar-refractivity contribution in [2.75, 3.05) is 0 Å². The summed E-state index contributed by atoms with van der Waals surface area (Å²) < 4.78 is 0. The van der Waals surface area contributed by atoms with E-state index in [4.69, 9.17) is 4.99 Å². The minimum atomic E-state index is -0.411. The van der Waals surface area contributed by atoms with Crippen LogP contribution in [0.15, 0.2) is 39.6 Å². The van der Waals surface area contributed by atoms with E-state index >= 15 is 0 Å². The van der Waals surface area contributed by atoms with Crippen molar-refractivity contribution in [3.05, 3.63) is 34.6 Å². The first-order valence-electron chi connectivity index (χ1n) is 25.7. The summed E-state index contributed by atoms with van der Waals surface area (Å²) in [6, 6.07) is 0.716. The molecule has 0 bridgehead atoms. The number of rotatable bonds is 19. The van der Waals surface area contributed by atoms with Crippen molar-refractivity contribution in [1.82, 2.24) is 15.1 Å². The third-order valence-electron chi connectivity index (χ3n) is 17.7. The highest BCUT2D eigenvalue weighted by atomic mass is 16.3. The third-order valence-corrected chi connectivity index (χ3v) is 17.7. The third kappa shape index (κ3) is 7.50. The van der Waals surface area contributed by atoms with Gasteiger partial charge in [0.2, 0.25) is 11.8 Å². The van der Waals surface area contributed by atoms with Crippen LogP contribution in [0.1, 0.15) is 206 Å². The van der Waals surface area contributed by atoms with Gasteiger partial charge in [0.15, 0.2) is 5.78 Å². The van der Waals surface area contributed by atoms with Crippen LogP contribution in [0.3, 0.4) is 0 Å². The number of carbonyl (C=O) groups excluding carboxylic acids is 3. The molecule has 330 valence electrons.